The molecule has 0 unspecified atom stereocenters. The van der Waals surface area contributed by atoms with Crippen molar-refractivity contribution in [2.45, 2.75) is 6.92 Å². The Morgan fingerprint density at radius 3 is 2.82 bits per heavy atom. The lowest BCUT2D eigenvalue weighted by atomic mass is 10.3. The molecule has 0 amide bonds. The van der Waals surface area contributed by atoms with Crippen LogP contribution in [-0.4, -0.2) is 17.9 Å². The molecule has 3 nitrogen and oxygen atoms in total. The number of halogens is 1. The van der Waals surface area contributed by atoms with E-state index in [1.807, 2.05) is 22.6 Å². The smallest absolute Gasteiger partial charge is 0.450 e. The van der Waals surface area contributed by atoms with Gasteiger partial charge < -0.3 is 9.84 Å². The second kappa shape index (κ2) is 6.04. The molecule has 0 rings (SSSR count). The van der Waals surface area contributed by atoms with Crippen LogP contribution in [0.5, 0.6) is 0 Å². The zero-order valence-corrected chi connectivity index (χ0v) is 8.08. The summed E-state index contributed by atoms with van der Waals surface area (Å²) in [7, 11) is 0. The van der Waals surface area contributed by atoms with Gasteiger partial charge in [-0.2, -0.15) is 0 Å². The maximum atomic E-state index is 9.92. The highest BCUT2D eigenvalue weighted by atomic mass is 127. The van der Waals surface area contributed by atoms with Crippen LogP contribution in [0.15, 0.2) is 9.66 Å². The zero-order valence-electron chi connectivity index (χ0n) is 5.93. The lowest BCUT2D eigenvalue weighted by molar-refractivity contribution is 0.101. The predicted octanol–water partition coefficient (Wildman–Crippen LogP) is 2.02. The van der Waals surface area contributed by atoms with Gasteiger partial charge in [0, 0.05) is 5.57 Å². The molecule has 0 aliphatic carbocycles. The SMILES string of the molecule is CC#CC(=CI)COC(=O)O. The zero-order chi connectivity index (χ0) is 8.69. The van der Waals surface area contributed by atoms with E-state index in [0.717, 1.165) is 0 Å². The first-order valence-electron chi connectivity index (χ1n) is 2.78. The van der Waals surface area contributed by atoms with Gasteiger partial charge in [0.05, 0.1) is 0 Å². The first kappa shape index (κ1) is 10.3. The molecule has 0 radical (unpaired) electrons. The maximum absolute atomic E-state index is 9.92. The minimum atomic E-state index is -1.28. The summed E-state index contributed by atoms with van der Waals surface area (Å²) >= 11 is 1.98. The number of ether oxygens (including phenoxy) is 1. The van der Waals surface area contributed by atoms with Gasteiger partial charge in [0.25, 0.3) is 0 Å². The molecule has 11 heavy (non-hydrogen) atoms. The van der Waals surface area contributed by atoms with E-state index in [4.69, 9.17) is 5.11 Å². The van der Waals surface area contributed by atoms with Gasteiger partial charge >= 0.3 is 6.16 Å². The topological polar surface area (TPSA) is 46.5 Å². The summed E-state index contributed by atoms with van der Waals surface area (Å²) in [6.45, 7) is 1.71. The monoisotopic (exact) mass is 266 g/mol. The van der Waals surface area contributed by atoms with Gasteiger partial charge in [0.1, 0.15) is 6.61 Å². The van der Waals surface area contributed by atoms with Crippen LogP contribution in [0.2, 0.25) is 0 Å². The molecule has 60 valence electrons. The fourth-order valence-electron chi connectivity index (χ4n) is 0.395. The van der Waals surface area contributed by atoms with Crippen LogP contribution < -0.4 is 0 Å². The van der Waals surface area contributed by atoms with Crippen molar-refractivity contribution in [3.8, 4) is 11.8 Å². The van der Waals surface area contributed by atoms with Crippen molar-refractivity contribution < 1.29 is 14.6 Å². The fourth-order valence-corrected chi connectivity index (χ4v) is 0.730. The van der Waals surface area contributed by atoms with Crippen LogP contribution >= 0.6 is 22.6 Å². The average molecular weight is 266 g/mol. The molecule has 0 fully saturated rings. The Bertz CT molecular complexity index is 222. The maximum Gasteiger partial charge on any atom is 0.506 e. The van der Waals surface area contributed by atoms with E-state index in [-0.39, 0.29) is 6.61 Å². The molecular weight excluding hydrogens is 259 g/mol. The molecule has 0 aromatic heterocycles. The summed E-state index contributed by atoms with van der Waals surface area (Å²) < 4.78 is 5.98. The van der Waals surface area contributed by atoms with Crippen LogP contribution in [0.25, 0.3) is 0 Å². The van der Waals surface area contributed by atoms with Crippen LogP contribution in [0.1, 0.15) is 6.92 Å². The largest absolute Gasteiger partial charge is 0.506 e. The molecule has 0 atom stereocenters. The van der Waals surface area contributed by atoms with Crippen LogP contribution in [0.4, 0.5) is 4.79 Å². The van der Waals surface area contributed by atoms with Crippen LogP contribution in [0, 0.1) is 11.8 Å². The van der Waals surface area contributed by atoms with Gasteiger partial charge in [0.15, 0.2) is 0 Å². The quantitative estimate of drug-likeness (QED) is 0.472. The summed E-state index contributed by atoms with van der Waals surface area (Å²) in [6.07, 6.45) is -1.28. The van der Waals surface area contributed by atoms with E-state index in [2.05, 4.69) is 16.6 Å². The normalized spacial score (nSPS) is 9.82. The third kappa shape index (κ3) is 5.73. The summed E-state index contributed by atoms with van der Waals surface area (Å²) in [5, 5.41) is 8.13. The molecule has 0 bridgehead atoms. The van der Waals surface area contributed by atoms with E-state index in [9.17, 15) is 4.79 Å². The van der Waals surface area contributed by atoms with Crippen molar-refractivity contribution in [3.05, 3.63) is 9.66 Å². The summed E-state index contributed by atoms with van der Waals surface area (Å²) in [5.41, 5.74) is 0.663. The van der Waals surface area contributed by atoms with Crippen molar-refractivity contribution in [2.24, 2.45) is 0 Å². The molecular formula is C7H7IO3. The number of rotatable bonds is 2. The minimum Gasteiger partial charge on any atom is -0.450 e. The second-order valence-corrected chi connectivity index (χ2v) is 2.19. The highest BCUT2D eigenvalue weighted by Gasteiger charge is 1.97. The van der Waals surface area contributed by atoms with Gasteiger partial charge in [0.2, 0.25) is 0 Å². The molecule has 4 heteroatoms. The van der Waals surface area contributed by atoms with Gasteiger partial charge in [-0.25, -0.2) is 4.79 Å². The van der Waals surface area contributed by atoms with E-state index in [0.29, 0.717) is 5.57 Å². The number of carbonyl (C=O) groups is 1. The Morgan fingerprint density at radius 2 is 2.45 bits per heavy atom. The van der Waals surface area contributed by atoms with E-state index in [1.54, 1.807) is 11.0 Å². The third-order valence-electron chi connectivity index (χ3n) is 0.768. The molecule has 0 saturated heterocycles. The minimum absolute atomic E-state index is 0.0269. The van der Waals surface area contributed by atoms with E-state index < -0.39 is 6.16 Å². The molecule has 0 saturated carbocycles. The number of carboxylic acid groups (broad SMARTS) is 1. The number of hydrogen-bond acceptors (Lipinski definition) is 2. The Morgan fingerprint density at radius 1 is 1.82 bits per heavy atom. The summed E-state index contributed by atoms with van der Waals surface area (Å²) in [4.78, 5) is 9.92. The molecule has 1 N–H and O–H groups in total. The molecule has 0 aromatic carbocycles. The number of hydrogen-bond donors (Lipinski definition) is 1. The van der Waals surface area contributed by atoms with E-state index in [1.165, 1.54) is 0 Å². The summed E-state index contributed by atoms with van der Waals surface area (Å²) in [6, 6.07) is 0. The van der Waals surface area contributed by atoms with Crippen LogP contribution in [0.3, 0.4) is 0 Å². The van der Waals surface area contributed by atoms with Gasteiger partial charge in [-0.3, -0.25) is 0 Å². The third-order valence-corrected chi connectivity index (χ3v) is 1.52. The van der Waals surface area contributed by atoms with Gasteiger partial charge in [-0.15, -0.1) is 5.92 Å². The standard InChI is InChI=1S/C7H7IO3/c1-2-3-6(4-8)5-11-7(9)10/h4H,5H2,1H3,(H,9,10). The molecule has 0 aliphatic rings. The highest BCUT2D eigenvalue weighted by molar-refractivity contribution is 14.1. The van der Waals surface area contributed by atoms with Gasteiger partial charge in [-0.05, 0) is 11.0 Å². The first-order chi connectivity index (χ1) is 5.20. The Hall–Kier alpha value is -0.700. The lowest BCUT2D eigenvalue weighted by Crippen LogP contribution is -2.02. The predicted molar refractivity (Wildman–Crippen MR) is 49.5 cm³/mol. The van der Waals surface area contributed by atoms with Crippen LogP contribution in [-0.2, 0) is 4.74 Å². The van der Waals surface area contributed by atoms with Crippen molar-refractivity contribution in [2.75, 3.05) is 6.61 Å². The lowest BCUT2D eigenvalue weighted by Gasteiger charge is -1.96. The summed E-state index contributed by atoms with van der Waals surface area (Å²) in [5.74, 6) is 5.35. The van der Waals surface area contributed by atoms with Crippen molar-refractivity contribution >= 4 is 28.7 Å². The van der Waals surface area contributed by atoms with Gasteiger partial charge in [-0.1, -0.05) is 28.5 Å². The highest BCUT2D eigenvalue weighted by Crippen LogP contribution is 1.98. The van der Waals surface area contributed by atoms with Crippen molar-refractivity contribution in [3.63, 3.8) is 0 Å². The molecule has 0 spiro atoms. The Balaban J connectivity index is 3.88. The molecule has 0 heterocycles. The molecule has 0 aromatic rings. The van der Waals surface area contributed by atoms with Crippen molar-refractivity contribution in [1.82, 2.24) is 0 Å². The Labute approximate surface area is 78.6 Å². The Kier molecular flexibility index (Phi) is 5.65. The first-order valence-corrected chi connectivity index (χ1v) is 4.03. The molecule has 0 aliphatic heterocycles. The van der Waals surface area contributed by atoms with E-state index >= 15 is 0 Å². The van der Waals surface area contributed by atoms with Crippen molar-refractivity contribution in [1.29, 1.82) is 0 Å². The average Bonchev–Trinajstić information content (AvgIpc) is 1.97. The second-order valence-electron chi connectivity index (χ2n) is 1.56. The fraction of sp³-hybridized carbons (Fsp3) is 0.286.